The Bertz CT molecular complexity index is 360. The Balaban J connectivity index is 2.45. The molecule has 14 heavy (non-hydrogen) atoms. The summed E-state index contributed by atoms with van der Waals surface area (Å²) in [5, 5.41) is 0.354. The molecule has 3 heteroatoms. The van der Waals surface area contributed by atoms with Crippen LogP contribution >= 0.6 is 15.9 Å². The molecule has 0 unspecified atom stereocenters. The van der Waals surface area contributed by atoms with Crippen LogP contribution in [0.1, 0.15) is 22.3 Å². The van der Waals surface area contributed by atoms with Gasteiger partial charge in [0.1, 0.15) is 5.75 Å². The number of rotatable bonds is 2. The molecule has 74 valence electrons. The number of ether oxygens (including phenoxy) is 1. The van der Waals surface area contributed by atoms with Crippen molar-refractivity contribution < 1.29 is 9.53 Å². The van der Waals surface area contributed by atoms with Crippen LogP contribution in [0.4, 0.5) is 0 Å². The quantitative estimate of drug-likeness (QED) is 0.599. The highest BCUT2D eigenvalue weighted by atomic mass is 79.9. The second-order valence-electron chi connectivity index (χ2n) is 3.30. The highest BCUT2D eigenvalue weighted by Gasteiger charge is 2.17. The van der Waals surface area contributed by atoms with Gasteiger partial charge in [0.05, 0.1) is 17.5 Å². The Hall–Kier alpha value is -0.830. The summed E-state index contributed by atoms with van der Waals surface area (Å²) in [6, 6.07) is 5.77. The van der Waals surface area contributed by atoms with Crippen molar-refractivity contribution in [3.05, 3.63) is 29.3 Å². The van der Waals surface area contributed by atoms with Crippen molar-refractivity contribution in [1.82, 2.24) is 0 Å². The van der Waals surface area contributed by atoms with Crippen LogP contribution in [0.15, 0.2) is 18.2 Å². The van der Waals surface area contributed by atoms with E-state index in [1.807, 2.05) is 18.2 Å². The van der Waals surface area contributed by atoms with Gasteiger partial charge in [-0.15, -0.1) is 0 Å². The molecule has 0 saturated carbocycles. The van der Waals surface area contributed by atoms with E-state index in [2.05, 4.69) is 15.9 Å². The molecule has 0 amide bonds. The van der Waals surface area contributed by atoms with Gasteiger partial charge in [0, 0.05) is 0 Å². The maximum absolute atomic E-state index is 11.6. The molecule has 1 aromatic rings. The van der Waals surface area contributed by atoms with E-state index in [-0.39, 0.29) is 5.78 Å². The molecule has 2 nitrogen and oxygen atoms in total. The molecule has 0 radical (unpaired) electrons. The van der Waals surface area contributed by atoms with Gasteiger partial charge in [-0.05, 0) is 24.5 Å². The molecular formula is C11H11BrO2. The summed E-state index contributed by atoms with van der Waals surface area (Å²) >= 11 is 3.17. The predicted molar refractivity (Wildman–Crippen MR) is 58.4 cm³/mol. The minimum absolute atomic E-state index is 0.0868. The monoisotopic (exact) mass is 254 g/mol. The minimum atomic E-state index is 0.0868. The van der Waals surface area contributed by atoms with Crippen molar-refractivity contribution in [1.29, 1.82) is 0 Å². The smallest absolute Gasteiger partial charge is 0.177 e. The van der Waals surface area contributed by atoms with Crippen molar-refractivity contribution in [3.8, 4) is 5.75 Å². The van der Waals surface area contributed by atoms with Gasteiger partial charge in [-0.2, -0.15) is 0 Å². The standard InChI is InChI=1S/C11H11BrO2/c12-7-10(13)9-5-1-3-8-4-2-6-14-11(8)9/h1,3,5H,2,4,6-7H2. The van der Waals surface area contributed by atoms with Crippen LogP contribution in [0.5, 0.6) is 5.75 Å². The number of hydrogen-bond donors (Lipinski definition) is 0. The van der Waals surface area contributed by atoms with Gasteiger partial charge in [-0.1, -0.05) is 28.1 Å². The van der Waals surface area contributed by atoms with Gasteiger partial charge in [0.15, 0.2) is 5.78 Å². The first-order valence-corrected chi connectivity index (χ1v) is 5.79. The average Bonchev–Trinajstić information content (AvgIpc) is 2.27. The van der Waals surface area contributed by atoms with E-state index in [0.29, 0.717) is 10.9 Å². The fourth-order valence-corrected chi connectivity index (χ4v) is 1.98. The van der Waals surface area contributed by atoms with Crippen LogP contribution in [0.2, 0.25) is 0 Å². The Kier molecular flexibility index (Phi) is 2.87. The van der Waals surface area contributed by atoms with Crippen LogP contribution in [0, 0.1) is 0 Å². The van der Waals surface area contributed by atoms with Gasteiger partial charge in [0.2, 0.25) is 0 Å². The number of ketones is 1. The van der Waals surface area contributed by atoms with E-state index in [1.165, 1.54) is 0 Å². The molecule has 0 aliphatic carbocycles. The molecule has 0 atom stereocenters. The molecule has 0 bridgehead atoms. The summed E-state index contributed by atoms with van der Waals surface area (Å²) < 4.78 is 5.54. The van der Waals surface area contributed by atoms with Crippen LogP contribution in [0.3, 0.4) is 0 Å². The van der Waals surface area contributed by atoms with Crippen LogP contribution in [-0.4, -0.2) is 17.7 Å². The first-order chi connectivity index (χ1) is 6.83. The Morgan fingerprint density at radius 1 is 1.50 bits per heavy atom. The summed E-state index contributed by atoms with van der Waals surface area (Å²) in [5.41, 5.74) is 1.86. The van der Waals surface area contributed by atoms with E-state index in [0.717, 1.165) is 30.8 Å². The fraction of sp³-hybridized carbons (Fsp3) is 0.364. The molecular weight excluding hydrogens is 244 g/mol. The van der Waals surface area contributed by atoms with Crippen molar-refractivity contribution in [2.75, 3.05) is 11.9 Å². The summed E-state index contributed by atoms with van der Waals surface area (Å²) in [6.07, 6.45) is 2.05. The number of aryl methyl sites for hydroxylation is 1. The largest absolute Gasteiger partial charge is 0.493 e. The number of fused-ring (bicyclic) bond motifs is 1. The molecule has 0 saturated heterocycles. The summed E-state index contributed by atoms with van der Waals surface area (Å²) in [5.74, 6) is 0.881. The lowest BCUT2D eigenvalue weighted by Crippen LogP contribution is -2.13. The third-order valence-electron chi connectivity index (χ3n) is 2.36. The fourth-order valence-electron chi connectivity index (χ4n) is 1.68. The molecule has 1 heterocycles. The Morgan fingerprint density at radius 3 is 3.14 bits per heavy atom. The first kappa shape index (κ1) is 9.71. The number of alkyl halides is 1. The zero-order chi connectivity index (χ0) is 9.97. The van der Waals surface area contributed by atoms with Gasteiger partial charge >= 0.3 is 0 Å². The number of carbonyl (C=O) groups excluding carboxylic acids is 1. The number of hydrogen-bond acceptors (Lipinski definition) is 2. The lowest BCUT2D eigenvalue weighted by atomic mass is 10.0. The third-order valence-corrected chi connectivity index (χ3v) is 2.86. The molecule has 0 N–H and O–H groups in total. The number of halogens is 1. The molecule has 0 aromatic heterocycles. The van der Waals surface area contributed by atoms with E-state index >= 15 is 0 Å². The topological polar surface area (TPSA) is 26.3 Å². The molecule has 1 aliphatic heterocycles. The maximum Gasteiger partial charge on any atom is 0.177 e. The highest BCUT2D eigenvalue weighted by Crippen LogP contribution is 2.29. The van der Waals surface area contributed by atoms with Crippen molar-refractivity contribution in [3.63, 3.8) is 0 Å². The van der Waals surface area contributed by atoms with E-state index in [1.54, 1.807) is 0 Å². The first-order valence-electron chi connectivity index (χ1n) is 4.67. The molecule has 0 spiro atoms. The third kappa shape index (κ3) is 1.69. The zero-order valence-electron chi connectivity index (χ0n) is 7.75. The van der Waals surface area contributed by atoms with Gasteiger partial charge < -0.3 is 4.74 Å². The average molecular weight is 255 g/mol. The molecule has 2 rings (SSSR count). The van der Waals surface area contributed by atoms with Gasteiger partial charge in [-0.3, -0.25) is 4.79 Å². The number of Topliss-reactive ketones (excluding diaryl/α,β-unsaturated/α-hetero) is 1. The highest BCUT2D eigenvalue weighted by molar-refractivity contribution is 9.09. The summed E-state index contributed by atoms with van der Waals surface area (Å²) in [7, 11) is 0. The second-order valence-corrected chi connectivity index (χ2v) is 3.86. The zero-order valence-corrected chi connectivity index (χ0v) is 9.34. The molecule has 1 aromatic carbocycles. The maximum atomic E-state index is 11.6. The van der Waals surface area contributed by atoms with Crippen molar-refractivity contribution in [2.24, 2.45) is 0 Å². The lowest BCUT2D eigenvalue weighted by Gasteiger charge is -2.19. The van der Waals surface area contributed by atoms with Crippen LogP contribution < -0.4 is 4.74 Å². The van der Waals surface area contributed by atoms with Crippen molar-refractivity contribution >= 4 is 21.7 Å². The second kappa shape index (κ2) is 4.13. The van der Waals surface area contributed by atoms with Crippen LogP contribution in [-0.2, 0) is 6.42 Å². The predicted octanol–water partition coefficient (Wildman–Crippen LogP) is 2.59. The van der Waals surface area contributed by atoms with E-state index in [9.17, 15) is 4.79 Å². The van der Waals surface area contributed by atoms with Crippen LogP contribution in [0.25, 0.3) is 0 Å². The van der Waals surface area contributed by atoms with E-state index < -0.39 is 0 Å². The molecule has 0 fully saturated rings. The molecule has 1 aliphatic rings. The number of carbonyl (C=O) groups is 1. The van der Waals surface area contributed by atoms with E-state index in [4.69, 9.17) is 4.74 Å². The minimum Gasteiger partial charge on any atom is -0.493 e. The normalized spacial score (nSPS) is 14.4. The van der Waals surface area contributed by atoms with Crippen molar-refractivity contribution in [2.45, 2.75) is 12.8 Å². The number of benzene rings is 1. The Morgan fingerprint density at radius 2 is 2.36 bits per heavy atom. The Labute approximate surface area is 91.4 Å². The number of para-hydroxylation sites is 1. The van der Waals surface area contributed by atoms with Gasteiger partial charge in [0.25, 0.3) is 0 Å². The van der Waals surface area contributed by atoms with Gasteiger partial charge in [-0.25, -0.2) is 0 Å². The summed E-state index contributed by atoms with van der Waals surface area (Å²) in [4.78, 5) is 11.6. The summed E-state index contributed by atoms with van der Waals surface area (Å²) in [6.45, 7) is 0.722. The lowest BCUT2D eigenvalue weighted by molar-refractivity contribution is 0.101. The SMILES string of the molecule is O=C(CBr)c1cccc2c1OCCC2.